The Morgan fingerprint density at radius 1 is 1.64 bits per heavy atom. The van der Waals surface area contributed by atoms with Crippen molar-refractivity contribution in [2.75, 3.05) is 19.6 Å². The van der Waals surface area contributed by atoms with E-state index in [1.54, 1.807) is 0 Å². The largest absolute Gasteiger partial charge is 0.319 e. The summed E-state index contributed by atoms with van der Waals surface area (Å²) >= 11 is 0. The number of likely N-dealkylation sites (N-methyl/N-ethyl adjacent to an activating group) is 1. The minimum absolute atomic E-state index is 0.334. The van der Waals surface area contributed by atoms with Crippen LogP contribution >= 0.6 is 0 Å². The topological polar surface area (TPSA) is 29.3 Å². The monoisotopic (exact) mass is 164 g/mol. The Labute approximate surface area is 65.4 Å². The molecule has 66 valence electrons. The van der Waals surface area contributed by atoms with Crippen LogP contribution in [0.2, 0.25) is 0 Å². The van der Waals surface area contributed by atoms with Crippen LogP contribution in [0.25, 0.3) is 0 Å². The molecular weight excluding hydrogens is 150 g/mol. The third kappa shape index (κ3) is 1.68. The first-order valence-corrected chi connectivity index (χ1v) is 3.88. The van der Waals surface area contributed by atoms with Gasteiger partial charge < -0.3 is 10.6 Å². The molecule has 0 radical (unpaired) electrons. The van der Waals surface area contributed by atoms with Crippen LogP contribution in [0, 0.1) is 0 Å². The van der Waals surface area contributed by atoms with Crippen molar-refractivity contribution in [3.8, 4) is 0 Å². The van der Waals surface area contributed by atoms with Crippen molar-refractivity contribution in [2.45, 2.75) is 25.3 Å². The van der Waals surface area contributed by atoms with E-state index in [4.69, 9.17) is 5.73 Å². The van der Waals surface area contributed by atoms with Gasteiger partial charge in [0.1, 0.15) is 0 Å². The minimum atomic E-state index is -2.39. The maximum absolute atomic E-state index is 12.3. The van der Waals surface area contributed by atoms with E-state index in [0.29, 0.717) is 19.5 Å². The molecule has 1 aliphatic rings. The molecule has 0 saturated carbocycles. The highest BCUT2D eigenvalue weighted by Crippen LogP contribution is 2.24. The Balaban J connectivity index is 2.50. The first-order valence-electron chi connectivity index (χ1n) is 3.88. The van der Waals surface area contributed by atoms with Gasteiger partial charge in [-0.2, -0.15) is 0 Å². The van der Waals surface area contributed by atoms with Gasteiger partial charge in [-0.1, -0.05) is 6.92 Å². The number of nitrogens with zero attached hydrogens (tertiary/aromatic N) is 1. The molecule has 1 saturated heterocycles. The highest BCUT2D eigenvalue weighted by Gasteiger charge is 2.41. The molecule has 0 amide bonds. The van der Waals surface area contributed by atoms with Crippen LogP contribution in [0.15, 0.2) is 0 Å². The van der Waals surface area contributed by atoms with Gasteiger partial charge >= 0.3 is 0 Å². The molecule has 11 heavy (non-hydrogen) atoms. The third-order valence-electron chi connectivity index (χ3n) is 2.29. The summed E-state index contributed by atoms with van der Waals surface area (Å²) in [6.45, 7) is 3.81. The van der Waals surface area contributed by atoms with Gasteiger partial charge in [0.05, 0.1) is 5.54 Å². The van der Waals surface area contributed by atoms with E-state index in [1.807, 2.05) is 11.8 Å². The fourth-order valence-corrected chi connectivity index (χ4v) is 1.39. The summed E-state index contributed by atoms with van der Waals surface area (Å²) in [6.07, 6.45) is -1.97. The number of halogens is 2. The SMILES string of the molecule is CCN1CCC(N)(C(F)F)C1. The van der Waals surface area contributed by atoms with Gasteiger partial charge in [-0.15, -0.1) is 0 Å². The Hall–Kier alpha value is -0.220. The van der Waals surface area contributed by atoms with Crippen LogP contribution in [0.5, 0.6) is 0 Å². The van der Waals surface area contributed by atoms with Gasteiger partial charge in [-0.25, -0.2) is 8.78 Å². The summed E-state index contributed by atoms with van der Waals surface area (Å²) in [5.41, 5.74) is 4.24. The van der Waals surface area contributed by atoms with Crippen LogP contribution < -0.4 is 5.73 Å². The number of likely N-dealkylation sites (tertiary alicyclic amines) is 1. The van der Waals surface area contributed by atoms with Crippen LogP contribution in [-0.2, 0) is 0 Å². The average Bonchev–Trinajstić information content (AvgIpc) is 2.33. The van der Waals surface area contributed by atoms with E-state index >= 15 is 0 Å². The molecule has 0 aromatic rings. The average molecular weight is 164 g/mol. The van der Waals surface area contributed by atoms with Crippen molar-refractivity contribution in [2.24, 2.45) is 5.73 Å². The molecule has 4 heteroatoms. The molecule has 1 rings (SSSR count). The van der Waals surface area contributed by atoms with Crippen molar-refractivity contribution >= 4 is 0 Å². The Kier molecular flexibility index (Phi) is 2.44. The highest BCUT2D eigenvalue weighted by molar-refractivity contribution is 4.96. The maximum Gasteiger partial charge on any atom is 0.257 e. The summed E-state index contributed by atoms with van der Waals surface area (Å²) in [4.78, 5) is 1.95. The van der Waals surface area contributed by atoms with Crippen molar-refractivity contribution < 1.29 is 8.78 Å². The van der Waals surface area contributed by atoms with Gasteiger partial charge in [0.15, 0.2) is 0 Å². The van der Waals surface area contributed by atoms with Crippen LogP contribution in [0.1, 0.15) is 13.3 Å². The molecule has 0 aliphatic carbocycles. The molecule has 1 aliphatic heterocycles. The van der Waals surface area contributed by atoms with Crippen LogP contribution in [0.3, 0.4) is 0 Å². The molecular formula is C7H14F2N2. The Morgan fingerprint density at radius 3 is 2.55 bits per heavy atom. The van der Waals surface area contributed by atoms with E-state index in [2.05, 4.69) is 0 Å². The van der Waals surface area contributed by atoms with Crippen LogP contribution in [0.4, 0.5) is 8.78 Å². The first kappa shape index (κ1) is 8.87. The second kappa shape index (κ2) is 3.03. The predicted molar refractivity (Wildman–Crippen MR) is 39.7 cm³/mol. The molecule has 1 fully saturated rings. The van der Waals surface area contributed by atoms with Crippen molar-refractivity contribution in [1.29, 1.82) is 0 Å². The van der Waals surface area contributed by atoms with Crippen molar-refractivity contribution in [1.82, 2.24) is 4.90 Å². The summed E-state index contributed by atoms with van der Waals surface area (Å²) in [6, 6.07) is 0. The lowest BCUT2D eigenvalue weighted by Gasteiger charge is -2.22. The fraction of sp³-hybridized carbons (Fsp3) is 1.00. The molecule has 1 unspecified atom stereocenters. The van der Waals surface area contributed by atoms with Gasteiger partial charge in [0, 0.05) is 13.1 Å². The lowest BCUT2D eigenvalue weighted by atomic mass is 10.0. The summed E-state index contributed by atoms with van der Waals surface area (Å²) in [5, 5.41) is 0. The molecule has 0 aromatic carbocycles. The second-order valence-corrected chi connectivity index (χ2v) is 3.15. The van der Waals surface area contributed by atoms with E-state index in [0.717, 1.165) is 6.54 Å². The lowest BCUT2D eigenvalue weighted by molar-refractivity contribution is 0.0583. The normalized spacial score (nSPS) is 33.5. The van der Waals surface area contributed by atoms with Gasteiger partial charge in [0.2, 0.25) is 0 Å². The number of rotatable bonds is 2. The lowest BCUT2D eigenvalue weighted by Crippen LogP contribution is -2.49. The predicted octanol–water partition coefficient (Wildman–Crippen LogP) is 0.675. The second-order valence-electron chi connectivity index (χ2n) is 3.15. The van der Waals surface area contributed by atoms with E-state index in [1.165, 1.54) is 0 Å². The molecule has 1 heterocycles. The van der Waals surface area contributed by atoms with Crippen molar-refractivity contribution in [3.05, 3.63) is 0 Å². The van der Waals surface area contributed by atoms with Crippen LogP contribution in [-0.4, -0.2) is 36.5 Å². The summed E-state index contributed by atoms with van der Waals surface area (Å²) in [7, 11) is 0. The zero-order chi connectivity index (χ0) is 8.48. The molecule has 0 bridgehead atoms. The smallest absolute Gasteiger partial charge is 0.257 e. The minimum Gasteiger partial charge on any atom is -0.319 e. The number of hydrogen-bond acceptors (Lipinski definition) is 2. The maximum atomic E-state index is 12.3. The zero-order valence-electron chi connectivity index (χ0n) is 6.69. The fourth-order valence-electron chi connectivity index (χ4n) is 1.39. The Bertz CT molecular complexity index is 140. The standard InChI is InChI=1S/C7H14F2N2/c1-2-11-4-3-7(10,5-11)6(8)9/h6H,2-5,10H2,1H3. The van der Waals surface area contributed by atoms with Crippen molar-refractivity contribution in [3.63, 3.8) is 0 Å². The highest BCUT2D eigenvalue weighted by atomic mass is 19.3. The van der Waals surface area contributed by atoms with Gasteiger partial charge in [-0.3, -0.25) is 0 Å². The molecule has 2 nitrogen and oxygen atoms in total. The third-order valence-corrected chi connectivity index (χ3v) is 2.29. The van der Waals surface area contributed by atoms with E-state index in [9.17, 15) is 8.78 Å². The zero-order valence-corrected chi connectivity index (χ0v) is 6.69. The summed E-state index contributed by atoms with van der Waals surface area (Å²) < 4.78 is 24.6. The van der Waals surface area contributed by atoms with E-state index < -0.39 is 12.0 Å². The van der Waals surface area contributed by atoms with E-state index in [-0.39, 0.29) is 0 Å². The number of alkyl halides is 2. The Morgan fingerprint density at radius 2 is 2.27 bits per heavy atom. The van der Waals surface area contributed by atoms with Gasteiger partial charge in [0.25, 0.3) is 6.43 Å². The van der Waals surface area contributed by atoms with Gasteiger partial charge in [-0.05, 0) is 13.0 Å². The molecule has 2 N–H and O–H groups in total. The number of hydrogen-bond donors (Lipinski definition) is 1. The quantitative estimate of drug-likeness (QED) is 0.650. The first-order chi connectivity index (χ1) is 5.08. The molecule has 1 atom stereocenters. The number of nitrogens with two attached hydrogens (primary N) is 1. The molecule has 0 spiro atoms. The molecule has 0 aromatic heterocycles. The summed E-state index contributed by atoms with van der Waals surface area (Å²) in [5.74, 6) is 0.